The van der Waals surface area contributed by atoms with E-state index in [4.69, 9.17) is 4.74 Å². The molecule has 0 amide bonds. The van der Waals surface area contributed by atoms with Crippen LogP contribution in [-0.4, -0.2) is 42.2 Å². The van der Waals surface area contributed by atoms with Crippen molar-refractivity contribution in [1.82, 2.24) is 4.90 Å². The number of carboxylic acids is 1. The van der Waals surface area contributed by atoms with Crippen LogP contribution in [-0.2, 0) is 4.79 Å². The van der Waals surface area contributed by atoms with Crippen LogP contribution in [0.2, 0.25) is 0 Å². The van der Waals surface area contributed by atoms with Gasteiger partial charge in [-0.05, 0) is 51.4 Å². The smallest absolute Gasteiger partial charge is 0.309 e. The Kier molecular flexibility index (Phi) is 4.65. The minimum Gasteiger partial charge on any atom is -0.492 e. The highest BCUT2D eigenvalue weighted by atomic mass is 16.5. The van der Waals surface area contributed by atoms with Gasteiger partial charge in [0, 0.05) is 6.54 Å². The molecule has 0 atom stereocenters. The number of ether oxygens (including phenoxy) is 1. The van der Waals surface area contributed by atoms with Gasteiger partial charge in [-0.1, -0.05) is 18.2 Å². The van der Waals surface area contributed by atoms with Crippen LogP contribution in [0.15, 0.2) is 24.3 Å². The molecule has 0 unspecified atom stereocenters. The third kappa shape index (κ3) is 3.51. The Balaban J connectivity index is 1.74. The van der Waals surface area contributed by atoms with E-state index in [-0.39, 0.29) is 0 Å². The van der Waals surface area contributed by atoms with Crippen LogP contribution in [0.1, 0.15) is 25.3 Å². The molecule has 0 saturated carbocycles. The summed E-state index contributed by atoms with van der Waals surface area (Å²) in [5, 5.41) is 9.20. The maximum Gasteiger partial charge on any atom is 0.309 e. The van der Waals surface area contributed by atoms with E-state index in [1.165, 1.54) is 0 Å². The molecule has 2 rings (SSSR count). The first-order valence-corrected chi connectivity index (χ1v) is 7.15. The average Bonchev–Trinajstić information content (AvgIpc) is 2.43. The predicted octanol–water partition coefficient (Wildman–Crippen LogP) is 2.56. The summed E-state index contributed by atoms with van der Waals surface area (Å²) in [4.78, 5) is 13.5. The highest BCUT2D eigenvalue weighted by Crippen LogP contribution is 2.30. The summed E-state index contributed by atoms with van der Waals surface area (Å²) in [6, 6.07) is 7.99. The summed E-state index contributed by atoms with van der Waals surface area (Å²) in [7, 11) is 0. The second-order valence-electron chi connectivity index (χ2n) is 5.82. The Morgan fingerprint density at radius 1 is 1.35 bits per heavy atom. The molecule has 0 aliphatic carbocycles. The molecule has 1 fully saturated rings. The van der Waals surface area contributed by atoms with E-state index >= 15 is 0 Å². The summed E-state index contributed by atoms with van der Waals surface area (Å²) >= 11 is 0. The highest BCUT2D eigenvalue weighted by Gasteiger charge is 2.36. The minimum atomic E-state index is -0.673. The zero-order chi connectivity index (χ0) is 14.6. The quantitative estimate of drug-likeness (QED) is 0.898. The molecule has 1 aromatic carbocycles. The molecule has 110 valence electrons. The summed E-state index contributed by atoms with van der Waals surface area (Å²) in [5.41, 5.74) is 0.595. The molecule has 0 aromatic heterocycles. The number of benzene rings is 1. The van der Waals surface area contributed by atoms with Crippen LogP contribution in [0.4, 0.5) is 0 Å². The van der Waals surface area contributed by atoms with Crippen molar-refractivity contribution in [2.75, 3.05) is 26.2 Å². The monoisotopic (exact) mass is 277 g/mol. The molecule has 1 saturated heterocycles. The molecule has 0 radical (unpaired) electrons. The van der Waals surface area contributed by atoms with Gasteiger partial charge in [0.05, 0.1) is 5.41 Å². The number of carbonyl (C=O) groups is 1. The molecule has 1 N–H and O–H groups in total. The number of aliphatic carboxylic acids is 1. The van der Waals surface area contributed by atoms with Gasteiger partial charge in [0.1, 0.15) is 12.4 Å². The predicted molar refractivity (Wildman–Crippen MR) is 78.1 cm³/mol. The maximum absolute atomic E-state index is 11.2. The Morgan fingerprint density at radius 2 is 2.00 bits per heavy atom. The molecule has 1 heterocycles. The number of aryl methyl sites for hydroxylation is 1. The molecular weight excluding hydrogens is 254 g/mol. The fourth-order valence-corrected chi connectivity index (χ4v) is 2.49. The van der Waals surface area contributed by atoms with Crippen molar-refractivity contribution in [1.29, 1.82) is 0 Å². The highest BCUT2D eigenvalue weighted by molar-refractivity contribution is 5.74. The van der Waals surface area contributed by atoms with Crippen LogP contribution >= 0.6 is 0 Å². The fraction of sp³-hybridized carbons (Fsp3) is 0.562. The number of hydrogen-bond donors (Lipinski definition) is 1. The summed E-state index contributed by atoms with van der Waals surface area (Å²) in [6.07, 6.45) is 1.43. The van der Waals surface area contributed by atoms with Gasteiger partial charge in [0.2, 0.25) is 0 Å². The van der Waals surface area contributed by atoms with E-state index in [2.05, 4.69) is 4.90 Å². The number of nitrogens with zero attached hydrogens (tertiary/aromatic N) is 1. The van der Waals surface area contributed by atoms with E-state index in [9.17, 15) is 9.90 Å². The fourth-order valence-electron chi connectivity index (χ4n) is 2.49. The molecule has 20 heavy (non-hydrogen) atoms. The van der Waals surface area contributed by atoms with Gasteiger partial charge in [-0.25, -0.2) is 0 Å². The standard InChI is InChI=1S/C16H23NO3/c1-13-5-3-4-6-14(13)20-12-11-17-9-7-16(2,8-10-17)15(18)19/h3-6H,7-12H2,1-2H3,(H,18,19). The Bertz CT molecular complexity index is 465. The van der Waals surface area contributed by atoms with E-state index < -0.39 is 11.4 Å². The molecule has 1 aromatic rings. The largest absolute Gasteiger partial charge is 0.492 e. The van der Waals surface area contributed by atoms with Gasteiger partial charge in [0.15, 0.2) is 0 Å². The van der Waals surface area contributed by atoms with Crippen molar-refractivity contribution in [2.24, 2.45) is 5.41 Å². The van der Waals surface area contributed by atoms with E-state index in [1.807, 2.05) is 38.1 Å². The van der Waals surface area contributed by atoms with Gasteiger partial charge in [-0.15, -0.1) is 0 Å². The lowest BCUT2D eigenvalue weighted by Gasteiger charge is -2.36. The van der Waals surface area contributed by atoms with Crippen molar-refractivity contribution in [2.45, 2.75) is 26.7 Å². The number of likely N-dealkylation sites (tertiary alicyclic amines) is 1. The van der Waals surface area contributed by atoms with Crippen molar-refractivity contribution in [3.05, 3.63) is 29.8 Å². The van der Waals surface area contributed by atoms with Gasteiger partial charge in [0.25, 0.3) is 0 Å². The van der Waals surface area contributed by atoms with Crippen LogP contribution < -0.4 is 4.74 Å². The first-order chi connectivity index (χ1) is 9.51. The van der Waals surface area contributed by atoms with Gasteiger partial charge >= 0.3 is 5.97 Å². The lowest BCUT2D eigenvalue weighted by Crippen LogP contribution is -2.43. The van der Waals surface area contributed by atoms with E-state index in [0.29, 0.717) is 19.4 Å². The van der Waals surface area contributed by atoms with Crippen molar-refractivity contribution >= 4 is 5.97 Å². The third-order valence-electron chi connectivity index (χ3n) is 4.23. The van der Waals surface area contributed by atoms with Gasteiger partial charge in [-0.2, -0.15) is 0 Å². The summed E-state index contributed by atoms with van der Waals surface area (Å²) < 4.78 is 5.78. The van der Waals surface area contributed by atoms with Gasteiger partial charge < -0.3 is 9.84 Å². The van der Waals surface area contributed by atoms with Crippen molar-refractivity contribution in [3.63, 3.8) is 0 Å². The van der Waals surface area contributed by atoms with Gasteiger partial charge in [-0.3, -0.25) is 9.69 Å². The number of piperidine rings is 1. The molecule has 1 aliphatic heterocycles. The Morgan fingerprint density at radius 3 is 2.60 bits per heavy atom. The lowest BCUT2D eigenvalue weighted by atomic mass is 9.80. The Hall–Kier alpha value is -1.55. The second kappa shape index (κ2) is 6.27. The lowest BCUT2D eigenvalue weighted by molar-refractivity contribution is -0.150. The number of para-hydroxylation sites is 1. The first-order valence-electron chi connectivity index (χ1n) is 7.15. The van der Waals surface area contributed by atoms with Crippen molar-refractivity contribution < 1.29 is 14.6 Å². The topological polar surface area (TPSA) is 49.8 Å². The normalized spacial score (nSPS) is 18.7. The molecule has 4 heteroatoms. The van der Waals surface area contributed by atoms with Crippen LogP contribution in [0.3, 0.4) is 0 Å². The summed E-state index contributed by atoms with van der Waals surface area (Å²) in [6.45, 7) is 7.05. The zero-order valence-electron chi connectivity index (χ0n) is 12.3. The second-order valence-corrected chi connectivity index (χ2v) is 5.82. The molecule has 0 bridgehead atoms. The first kappa shape index (κ1) is 14.9. The Labute approximate surface area is 120 Å². The number of carboxylic acid groups (broad SMARTS) is 1. The zero-order valence-corrected chi connectivity index (χ0v) is 12.3. The molecule has 0 spiro atoms. The molecule has 4 nitrogen and oxygen atoms in total. The maximum atomic E-state index is 11.2. The average molecular weight is 277 g/mol. The molecule has 1 aliphatic rings. The SMILES string of the molecule is Cc1ccccc1OCCN1CCC(C)(C(=O)O)CC1. The van der Waals surface area contributed by atoms with E-state index in [1.54, 1.807) is 0 Å². The number of hydrogen-bond acceptors (Lipinski definition) is 3. The number of rotatable bonds is 5. The molecular formula is C16H23NO3. The van der Waals surface area contributed by atoms with E-state index in [0.717, 1.165) is 30.9 Å². The minimum absolute atomic E-state index is 0.548. The van der Waals surface area contributed by atoms with Crippen LogP contribution in [0.25, 0.3) is 0 Å². The van der Waals surface area contributed by atoms with Crippen molar-refractivity contribution in [3.8, 4) is 5.75 Å². The van der Waals surface area contributed by atoms with Crippen LogP contribution in [0, 0.1) is 12.3 Å². The third-order valence-corrected chi connectivity index (χ3v) is 4.23. The van der Waals surface area contributed by atoms with Crippen LogP contribution in [0.5, 0.6) is 5.75 Å². The summed E-state index contributed by atoms with van der Waals surface area (Å²) in [5.74, 6) is 0.258.